The molecule has 2 aromatic rings. The van der Waals surface area contributed by atoms with Crippen molar-refractivity contribution in [3.05, 3.63) is 40.9 Å². The van der Waals surface area contributed by atoms with Gasteiger partial charge in [-0.05, 0) is 12.1 Å². The number of nitrogens with zero attached hydrogens (tertiary/aromatic N) is 2. The summed E-state index contributed by atoms with van der Waals surface area (Å²) in [6, 6.07) is 8.41. The fraction of sp³-hybridized carbons (Fsp3) is 0.231. The third kappa shape index (κ3) is 5.02. The summed E-state index contributed by atoms with van der Waals surface area (Å²) < 4.78 is 37.0. The molecule has 0 aliphatic heterocycles. The van der Waals surface area contributed by atoms with Crippen LogP contribution >= 0.6 is 11.3 Å². The zero-order valence-corrected chi connectivity index (χ0v) is 12.4. The second-order valence-corrected chi connectivity index (χ2v) is 5.31. The highest BCUT2D eigenvalue weighted by molar-refractivity contribution is 7.15. The lowest BCUT2D eigenvalue weighted by Gasteiger charge is -2.04. The molecule has 0 fully saturated rings. The molecule has 0 aliphatic rings. The van der Waals surface area contributed by atoms with Crippen LogP contribution in [-0.4, -0.2) is 28.6 Å². The number of rotatable bonds is 5. The number of carbonyl (C=O) groups excluding carboxylic acids is 2. The SMILES string of the molecule is O=C(CCNC(=O)c1ccccc1)Nc1nnc(C(F)(F)F)s1. The molecule has 0 unspecified atom stereocenters. The number of alkyl halides is 3. The maximum absolute atomic E-state index is 12.3. The van der Waals surface area contributed by atoms with Gasteiger partial charge in [-0.2, -0.15) is 13.2 Å². The topological polar surface area (TPSA) is 84.0 Å². The van der Waals surface area contributed by atoms with Gasteiger partial charge in [0, 0.05) is 18.5 Å². The lowest BCUT2D eigenvalue weighted by atomic mass is 10.2. The summed E-state index contributed by atoms with van der Waals surface area (Å²) in [7, 11) is 0. The van der Waals surface area contributed by atoms with Crippen LogP contribution in [0.1, 0.15) is 21.8 Å². The monoisotopic (exact) mass is 344 g/mol. The Morgan fingerprint density at radius 2 is 1.83 bits per heavy atom. The van der Waals surface area contributed by atoms with Gasteiger partial charge in [0.25, 0.3) is 5.91 Å². The molecule has 0 saturated carbocycles. The van der Waals surface area contributed by atoms with E-state index in [0.717, 1.165) is 0 Å². The Morgan fingerprint density at radius 3 is 2.43 bits per heavy atom. The van der Waals surface area contributed by atoms with Gasteiger partial charge in [-0.1, -0.05) is 29.5 Å². The third-order valence-electron chi connectivity index (χ3n) is 2.59. The molecule has 0 radical (unpaired) electrons. The van der Waals surface area contributed by atoms with E-state index in [1.807, 2.05) is 0 Å². The minimum absolute atomic E-state index is 0.0461. The largest absolute Gasteiger partial charge is 0.445 e. The molecular formula is C13H11F3N4O2S. The maximum Gasteiger partial charge on any atom is 0.445 e. The van der Waals surface area contributed by atoms with Gasteiger partial charge < -0.3 is 10.6 Å². The van der Waals surface area contributed by atoms with E-state index in [-0.39, 0.29) is 35.3 Å². The normalized spacial score (nSPS) is 11.1. The van der Waals surface area contributed by atoms with E-state index in [2.05, 4.69) is 20.8 Å². The Hall–Kier alpha value is -2.49. The van der Waals surface area contributed by atoms with Crippen molar-refractivity contribution in [2.75, 3.05) is 11.9 Å². The Morgan fingerprint density at radius 1 is 1.13 bits per heavy atom. The highest BCUT2D eigenvalue weighted by Crippen LogP contribution is 2.32. The lowest BCUT2D eigenvalue weighted by molar-refractivity contribution is -0.138. The molecule has 0 saturated heterocycles. The van der Waals surface area contributed by atoms with E-state index in [9.17, 15) is 22.8 Å². The molecule has 0 atom stereocenters. The number of carbonyl (C=O) groups is 2. The van der Waals surface area contributed by atoms with Crippen molar-refractivity contribution in [2.24, 2.45) is 0 Å². The summed E-state index contributed by atoms with van der Waals surface area (Å²) in [4.78, 5) is 23.3. The van der Waals surface area contributed by atoms with Crippen molar-refractivity contribution >= 4 is 28.3 Å². The van der Waals surface area contributed by atoms with Gasteiger partial charge >= 0.3 is 6.18 Å². The van der Waals surface area contributed by atoms with Gasteiger partial charge in [0.1, 0.15) is 0 Å². The number of halogens is 3. The van der Waals surface area contributed by atoms with Gasteiger partial charge in [0.05, 0.1) is 0 Å². The van der Waals surface area contributed by atoms with E-state index >= 15 is 0 Å². The average molecular weight is 344 g/mol. The average Bonchev–Trinajstić information content (AvgIpc) is 2.96. The van der Waals surface area contributed by atoms with Crippen molar-refractivity contribution in [2.45, 2.75) is 12.6 Å². The number of nitrogens with one attached hydrogen (secondary N) is 2. The van der Waals surface area contributed by atoms with Crippen LogP contribution in [-0.2, 0) is 11.0 Å². The first-order chi connectivity index (χ1) is 10.9. The lowest BCUT2D eigenvalue weighted by Crippen LogP contribution is -2.27. The molecule has 2 amide bonds. The van der Waals surface area contributed by atoms with Crippen molar-refractivity contribution in [3.63, 3.8) is 0 Å². The fourth-order valence-electron chi connectivity index (χ4n) is 1.55. The first kappa shape index (κ1) is 16.9. The number of benzene rings is 1. The van der Waals surface area contributed by atoms with E-state index < -0.39 is 17.1 Å². The van der Waals surface area contributed by atoms with Crippen LogP contribution in [0.5, 0.6) is 0 Å². The molecule has 2 N–H and O–H groups in total. The van der Waals surface area contributed by atoms with Crippen molar-refractivity contribution in [1.82, 2.24) is 15.5 Å². The minimum atomic E-state index is -4.59. The molecule has 0 spiro atoms. The molecule has 122 valence electrons. The van der Waals surface area contributed by atoms with Crippen LogP contribution in [0.3, 0.4) is 0 Å². The predicted octanol–water partition coefficient (Wildman–Crippen LogP) is 2.32. The summed E-state index contributed by atoms with van der Waals surface area (Å²) in [6.45, 7) is 0.0461. The van der Waals surface area contributed by atoms with E-state index in [1.54, 1.807) is 30.3 Å². The van der Waals surface area contributed by atoms with E-state index in [4.69, 9.17) is 0 Å². The molecule has 6 nitrogen and oxygen atoms in total. The van der Waals surface area contributed by atoms with Crippen molar-refractivity contribution in [1.29, 1.82) is 0 Å². The van der Waals surface area contributed by atoms with Gasteiger partial charge in [-0.3, -0.25) is 9.59 Å². The van der Waals surface area contributed by atoms with Gasteiger partial charge in [-0.25, -0.2) is 0 Å². The van der Waals surface area contributed by atoms with Gasteiger partial charge in [-0.15, -0.1) is 10.2 Å². The Bertz CT molecular complexity index is 688. The molecule has 1 aromatic carbocycles. The van der Waals surface area contributed by atoms with Gasteiger partial charge in [0.2, 0.25) is 16.0 Å². The molecule has 1 aromatic heterocycles. The van der Waals surface area contributed by atoms with Crippen LogP contribution in [0.2, 0.25) is 0 Å². The van der Waals surface area contributed by atoms with E-state index in [1.165, 1.54) is 0 Å². The zero-order chi connectivity index (χ0) is 16.9. The number of anilines is 1. The quantitative estimate of drug-likeness (QED) is 0.872. The number of hydrogen-bond acceptors (Lipinski definition) is 5. The number of hydrogen-bond donors (Lipinski definition) is 2. The first-order valence-electron chi connectivity index (χ1n) is 6.40. The minimum Gasteiger partial charge on any atom is -0.352 e. The molecule has 23 heavy (non-hydrogen) atoms. The predicted molar refractivity (Wildman–Crippen MR) is 76.9 cm³/mol. The highest BCUT2D eigenvalue weighted by Gasteiger charge is 2.35. The highest BCUT2D eigenvalue weighted by atomic mass is 32.1. The summed E-state index contributed by atoms with van der Waals surface area (Å²) in [6.07, 6.45) is -4.69. The Labute approximate surface area is 132 Å². The van der Waals surface area contributed by atoms with Crippen molar-refractivity contribution < 1.29 is 22.8 Å². The summed E-state index contributed by atoms with van der Waals surface area (Å²) in [5.41, 5.74) is 0.451. The Balaban J connectivity index is 1.77. The molecule has 10 heteroatoms. The summed E-state index contributed by atoms with van der Waals surface area (Å²) >= 11 is 0.238. The molecule has 0 aliphatic carbocycles. The number of aromatic nitrogens is 2. The summed E-state index contributed by atoms with van der Waals surface area (Å²) in [5.74, 6) is -0.906. The van der Waals surface area contributed by atoms with E-state index in [0.29, 0.717) is 5.56 Å². The maximum atomic E-state index is 12.3. The van der Waals surface area contributed by atoms with Crippen LogP contribution in [0.25, 0.3) is 0 Å². The first-order valence-corrected chi connectivity index (χ1v) is 7.21. The second-order valence-electron chi connectivity index (χ2n) is 4.33. The third-order valence-corrected chi connectivity index (χ3v) is 3.47. The number of amides is 2. The van der Waals surface area contributed by atoms with Crippen molar-refractivity contribution in [3.8, 4) is 0 Å². The molecule has 2 rings (SSSR count). The smallest absolute Gasteiger partial charge is 0.352 e. The van der Waals surface area contributed by atoms with Crippen LogP contribution < -0.4 is 10.6 Å². The Kier molecular flexibility index (Phi) is 5.27. The summed E-state index contributed by atoms with van der Waals surface area (Å²) in [5, 5.41) is 9.55. The second kappa shape index (κ2) is 7.18. The molecule has 1 heterocycles. The van der Waals surface area contributed by atoms with Crippen LogP contribution in [0.15, 0.2) is 30.3 Å². The standard InChI is InChI=1S/C13H11F3N4O2S/c14-13(15,16)11-19-20-12(23-11)18-9(21)6-7-17-10(22)8-4-2-1-3-5-8/h1-5H,6-7H2,(H,17,22)(H,18,20,21). The van der Waals surface area contributed by atoms with Crippen LogP contribution in [0.4, 0.5) is 18.3 Å². The fourth-order valence-corrected chi connectivity index (χ4v) is 2.18. The molecular weight excluding hydrogens is 333 g/mol. The zero-order valence-electron chi connectivity index (χ0n) is 11.6. The van der Waals surface area contributed by atoms with Crippen LogP contribution in [0, 0.1) is 0 Å². The molecule has 0 bridgehead atoms. The van der Waals surface area contributed by atoms with Gasteiger partial charge in [0.15, 0.2) is 0 Å².